The van der Waals surface area contributed by atoms with Crippen LogP contribution in [0.5, 0.6) is 0 Å². The molecule has 1 amide bonds. The molecule has 0 fully saturated rings. The van der Waals surface area contributed by atoms with E-state index in [-0.39, 0.29) is 18.3 Å². The Balaban J connectivity index is 2.02. The fraction of sp³-hybridized carbons (Fsp3) is 0.333. The van der Waals surface area contributed by atoms with Crippen LogP contribution in [0.25, 0.3) is 0 Å². The topological polar surface area (TPSA) is 90.1 Å². The summed E-state index contributed by atoms with van der Waals surface area (Å²) in [6.07, 6.45) is 1.26. The summed E-state index contributed by atoms with van der Waals surface area (Å²) in [5, 5.41) is 13.4. The molecular weight excluding hydrogens is 284 g/mol. The van der Waals surface area contributed by atoms with Gasteiger partial charge in [-0.1, -0.05) is 26.0 Å². The molecule has 0 bridgehead atoms. The third kappa shape index (κ3) is 3.69. The Morgan fingerprint density at radius 1 is 1.36 bits per heavy atom. The van der Waals surface area contributed by atoms with Crippen LogP contribution in [0.15, 0.2) is 30.5 Å². The summed E-state index contributed by atoms with van der Waals surface area (Å²) in [5.41, 5.74) is 1.89. The molecule has 0 aliphatic carbocycles. The van der Waals surface area contributed by atoms with Crippen molar-refractivity contribution in [2.45, 2.75) is 33.2 Å². The number of aromatic nitrogens is 2. The van der Waals surface area contributed by atoms with Crippen molar-refractivity contribution in [1.82, 2.24) is 9.55 Å². The van der Waals surface area contributed by atoms with E-state index in [1.165, 1.54) is 16.3 Å². The Bertz CT molecular complexity index is 689. The molecule has 116 valence electrons. The van der Waals surface area contributed by atoms with Gasteiger partial charge in [-0.05, 0) is 33.5 Å². The van der Waals surface area contributed by atoms with Crippen molar-refractivity contribution in [3.05, 3.63) is 52.0 Å². The third-order valence-corrected chi connectivity index (χ3v) is 3.33. The molecule has 7 nitrogen and oxygen atoms in total. The zero-order valence-corrected chi connectivity index (χ0v) is 12.7. The molecule has 1 N–H and O–H groups in total. The van der Waals surface area contributed by atoms with Gasteiger partial charge in [0.2, 0.25) is 11.7 Å². The predicted octanol–water partition coefficient (Wildman–Crippen LogP) is 2.86. The van der Waals surface area contributed by atoms with Crippen LogP contribution in [-0.4, -0.2) is 20.4 Å². The Morgan fingerprint density at radius 3 is 2.50 bits per heavy atom. The van der Waals surface area contributed by atoms with Gasteiger partial charge < -0.3 is 15.4 Å². The summed E-state index contributed by atoms with van der Waals surface area (Å²) in [4.78, 5) is 25.9. The van der Waals surface area contributed by atoms with Gasteiger partial charge in [-0.25, -0.2) is 0 Å². The van der Waals surface area contributed by atoms with Crippen molar-refractivity contribution in [2.24, 2.45) is 0 Å². The minimum Gasteiger partial charge on any atom is -0.358 e. The molecule has 7 heteroatoms. The van der Waals surface area contributed by atoms with E-state index in [0.29, 0.717) is 17.4 Å². The SMILES string of the molecule is Cc1nc([N+](=O)[O-])cn1CC(=O)Nc1ccc(C(C)C)cc1. The molecule has 0 aliphatic heterocycles. The van der Waals surface area contributed by atoms with Crippen LogP contribution in [-0.2, 0) is 11.3 Å². The monoisotopic (exact) mass is 302 g/mol. The molecule has 0 radical (unpaired) electrons. The van der Waals surface area contributed by atoms with Crippen LogP contribution in [0.4, 0.5) is 11.5 Å². The van der Waals surface area contributed by atoms with Crippen molar-refractivity contribution in [3.63, 3.8) is 0 Å². The van der Waals surface area contributed by atoms with Gasteiger partial charge in [0, 0.05) is 12.6 Å². The molecule has 1 aromatic heterocycles. The number of benzene rings is 1. The van der Waals surface area contributed by atoms with E-state index in [9.17, 15) is 14.9 Å². The van der Waals surface area contributed by atoms with Crippen molar-refractivity contribution in [3.8, 4) is 0 Å². The molecule has 0 saturated heterocycles. The zero-order chi connectivity index (χ0) is 16.3. The number of nitrogens with one attached hydrogen (secondary N) is 1. The minimum absolute atomic E-state index is 0.0153. The first-order valence-electron chi connectivity index (χ1n) is 6.95. The molecule has 0 spiro atoms. The second kappa shape index (κ2) is 6.38. The van der Waals surface area contributed by atoms with E-state index in [2.05, 4.69) is 24.1 Å². The van der Waals surface area contributed by atoms with Gasteiger partial charge in [-0.3, -0.25) is 9.36 Å². The fourth-order valence-corrected chi connectivity index (χ4v) is 2.05. The first-order chi connectivity index (χ1) is 10.4. The smallest absolute Gasteiger partial charge is 0.358 e. The number of nitrogens with zero attached hydrogens (tertiary/aromatic N) is 3. The third-order valence-electron chi connectivity index (χ3n) is 3.33. The highest BCUT2D eigenvalue weighted by Gasteiger charge is 2.16. The minimum atomic E-state index is -0.577. The van der Waals surface area contributed by atoms with Gasteiger partial charge in [-0.2, -0.15) is 0 Å². The van der Waals surface area contributed by atoms with Crippen LogP contribution < -0.4 is 5.32 Å². The standard InChI is InChI=1S/C15H18N4O3/c1-10(2)12-4-6-13(7-5-12)17-15(20)9-18-8-14(19(21)22)16-11(18)3/h4-8,10H,9H2,1-3H3,(H,17,20). The maximum absolute atomic E-state index is 12.0. The Labute approximate surface area is 128 Å². The lowest BCUT2D eigenvalue weighted by atomic mass is 10.0. The predicted molar refractivity (Wildman–Crippen MR) is 82.8 cm³/mol. The number of nitro groups is 1. The zero-order valence-electron chi connectivity index (χ0n) is 12.7. The molecular formula is C15H18N4O3. The van der Waals surface area contributed by atoms with E-state index in [1.807, 2.05) is 24.3 Å². The Hall–Kier alpha value is -2.70. The summed E-state index contributed by atoms with van der Waals surface area (Å²) in [7, 11) is 0. The molecule has 0 saturated carbocycles. The molecule has 22 heavy (non-hydrogen) atoms. The van der Waals surface area contributed by atoms with Gasteiger partial charge in [0.15, 0.2) is 0 Å². The first-order valence-corrected chi connectivity index (χ1v) is 6.95. The number of rotatable bonds is 5. The van der Waals surface area contributed by atoms with E-state index >= 15 is 0 Å². The summed E-state index contributed by atoms with van der Waals surface area (Å²) in [6.45, 7) is 5.81. The highest BCUT2D eigenvalue weighted by atomic mass is 16.6. The summed E-state index contributed by atoms with van der Waals surface area (Å²) in [6, 6.07) is 7.62. The summed E-state index contributed by atoms with van der Waals surface area (Å²) < 4.78 is 1.45. The van der Waals surface area contributed by atoms with Crippen LogP contribution >= 0.6 is 0 Å². The molecule has 2 rings (SSSR count). The largest absolute Gasteiger partial charge is 0.381 e. The number of carbonyl (C=O) groups is 1. The van der Waals surface area contributed by atoms with E-state index in [4.69, 9.17) is 0 Å². The molecule has 0 atom stereocenters. The van der Waals surface area contributed by atoms with Crippen molar-refractivity contribution in [2.75, 3.05) is 5.32 Å². The van der Waals surface area contributed by atoms with Gasteiger partial charge in [0.05, 0.1) is 0 Å². The number of aryl methyl sites for hydroxylation is 1. The Morgan fingerprint density at radius 2 is 2.00 bits per heavy atom. The van der Waals surface area contributed by atoms with Crippen LogP contribution in [0.1, 0.15) is 31.2 Å². The first kappa shape index (κ1) is 15.7. The van der Waals surface area contributed by atoms with Crippen LogP contribution in [0.2, 0.25) is 0 Å². The summed E-state index contributed by atoms with van der Waals surface area (Å²) in [5.74, 6) is 0.343. The van der Waals surface area contributed by atoms with Crippen LogP contribution in [0.3, 0.4) is 0 Å². The van der Waals surface area contributed by atoms with Gasteiger partial charge in [0.25, 0.3) is 0 Å². The molecule has 0 aliphatic rings. The normalized spacial score (nSPS) is 10.7. The lowest BCUT2D eigenvalue weighted by molar-refractivity contribution is -0.389. The van der Waals surface area contributed by atoms with E-state index in [1.54, 1.807) is 6.92 Å². The van der Waals surface area contributed by atoms with E-state index in [0.717, 1.165) is 0 Å². The van der Waals surface area contributed by atoms with Gasteiger partial charge >= 0.3 is 5.82 Å². The quantitative estimate of drug-likeness (QED) is 0.679. The Kier molecular flexibility index (Phi) is 4.55. The molecule has 0 unspecified atom stereocenters. The molecule has 2 aromatic rings. The number of carbonyl (C=O) groups excluding carboxylic acids is 1. The number of amides is 1. The highest BCUT2D eigenvalue weighted by Crippen LogP contribution is 2.17. The van der Waals surface area contributed by atoms with E-state index < -0.39 is 4.92 Å². The maximum atomic E-state index is 12.0. The fourth-order valence-electron chi connectivity index (χ4n) is 2.05. The molecule has 1 heterocycles. The lowest BCUT2D eigenvalue weighted by Crippen LogP contribution is -2.19. The second-order valence-electron chi connectivity index (χ2n) is 5.36. The average molecular weight is 302 g/mol. The maximum Gasteiger partial charge on any atom is 0.381 e. The number of imidazole rings is 1. The lowest BCUT2D eigenvalue weighted by Gasteiger charge is -2.08. The number of hydrogen-bond donors (Lipinski definition) is 1. The molecule has 1 aromatic carbocycles. The summed E-state index contributed by atoms with van der Waals surface area (Å²) >= 11 is 0. The van der Waals surface area contributed by atoms with Gasteiger partial charge in [-0.15, -0.1) is 0 Å². The highest BCUT2D eigenvalue weighted by molar-refractivity contribution is 5.90. The second-order valence-corrected chi connectivity index (χ2v) is 5.36. The van der Waals surface area contributed by atoms with Crippen molar-refractivity contribution in [1.29, 1.82) is 0 Å². The van der Waals surface area contributed by atoms with Crippen molar-refractivity contribution < 1.29 is 9.72 Å². The van der Waals surface area contributed by atoms with Crippen LogP contribution in [0, 0.1) is 17.0 Å². The number of anilines is 1. The van der Waals surface area contributed by atoms with Gasteiger partial charge in [0.1, 0.15) is 12.7 Å². The number of hydrogen-bond acceptors (Lipinski definition) is 4. The van der Waals surface area contributed by atoms with Crippen molar-refractivity contribution >= 4 is 17.4 Å². The average Bonchev–Trinajstić information content (AvgIpc) is 2.81.